The van der Waals surface area contributed by atoms with Gasteiger partial charge in [-0.3, -0.25) is 4.90 Å². The van der Waals surface area contributed by atoms with Gasteiger partial charge in [0.1, 0.15) is 0 Å². The molecule has 0 fully saturated rings. The van der Waals surface area contributed by atoms with Crippen LogP contribution in [0.4, 0.5) is 0 Å². The second-order valence-electron chi connectivity index (χ2n) is 5.26. The van der Waals surface area contributed by atoms with Gasteiger partial charge in [-0.25, -0.2) is 0 Å². The van der Waals surface area contributed by atoms with E-state index in [1.165, 1.54) is 16.7 Å². The number of nitrogens with zero attached hydrogens (tertiary/aromatic N) is 1. The highest BCUT2D eigenvalue weighted by atomic mass is 16.3. The van der Waals surface area contributed by atoms with Gasteiger partial charge in [0, 0.05) is 19.5 Å². The zero-order chi connectivity index (χ0) is 11.1. The Hall–Kier alpha value is -0.860. The molecule has 1 N–H and O–H groups in total. The van der Waals surface area contributed by atoms with E-state index in [2.05, 4.69) is 30.1 Å². The van der Waals surface area contributed by atoms with Crippen molar-refractivity contribution in [1.29, 1.82) is 0 Å². The molecular formula is C13H19NO. The van der Waals surface area contributed by atoms with Gasteiger partial charge in [0.25, 0.3) is 0 Å². The molecule has 0 bridgehead atoms. The van der Waals surface area contributed by atoms with Crippen LogP contribution in [0.5, 0.6) is 0 Å². The number of benzene rings is 1. The Morgan fingerprint density at radius 1 is 1.27 bits per heavy atom. The summed E-state index contributed by atoms with van der Waals surface area (Å²) in [5.41, 5.74) is 3.46. The fourth-order valence-electron chi connectivity index (χ4n) is 2.23. The quantitative estimate of drug-likeness (QED) is 0.797. The predicted octanol–water partition coefficient (Wildman–Crippen LogP) is 1.95. The third kappa shape index (κ3) is 2.58. The highest BCUT2D eigenvalue weighted by Crippen LogP contribution is 2.24. The predicted molar refractivity (Wildman–Crippen MR) is 61.6 cm³/mol. The maximum atomic E-state index is 9.76. The lowest BCUT2D eigenvalue weighted by Crippen LogP contribution is -2.21. The van der Waals surface area contributed by atoms with Gasteiger partial charge in [-0.05, 0) is 37.6 Å². The first-order valence-corrected chi connectivity index (χ1v) is 5.46. The number of fused-ring (bicyclic) bond motifs is 1. The fraction of sp³-hybridized carbons (Fsp3) is 0.538. The number of hydrogen-bond donors (Lipinski definition) is 1. The van der Waals surface area contributed by atoms with Gasteiger partial charge < -0.3 is 5.11 Å². The summed E-state index contributed by atoms with van der Waals surface area (Å²) in [5.74, 6) is 0. The molecule has 82 valence electrons. The summed E-state index contributed by atoms with van der Waals surface area (Å²) in [7, 11) is 2.13. The third-order valence-corrected chi connectivity index (χ3v) is 2.79. The first-order chi connectivity index (χ1) is 6.94. The Labute approximate surface area is 91.5 Å². The van der Waals surface area contributed by atoms with E-state index >= 15 is 0 Å². The molecule has 0 unspecified atom stereocenters. The molecule has 2 nitrogen and oxygen atoms in total. The number of hydrogen-bond acceptors (Lipinski definition) is 2. The van der Waals surface area contributed by atoms with Gasteiger partial charge in [-0.2, -0.15) is 0 Å². The van der Waals surface area contributed by atoms with Crippen LogP contribution in [0.3, 0.4) is 0 Å². The van der Waals surface area contributed by atoms with Crippen molar-refractivity contribution in [2.24, 2.45) is 0 Å². The van der Waals surface area contributed by atoms with Gasteiger partial charge in [-0.15, -0.1) is 0 Å². The second kappa shape index (κ2) is 3.62. The van der Waals surface area contributed by atoms with Crippen LogP contribution in [0.25, 0.3) is 0 Å². The maximum Gasteiger partial charge on any atom is 0.0631 e. The summed E-state index contributed by atoms with van der Waals surface area (Å²) in [6, 6.07) is 6.56. The molecule has 1 aromatic carbocycles. The van der Waals surface area contributed by atoms with Crippen molar-refractivity contribution in [3.05, 3.63) is 34.9 Å². The summed E-state index contributed by atoms with van der Waals surface area (Å²) >= 11 is 0. The molecule has 1 aliphatic rings. The number of rotatable bonds is 2. The molecule has 2 rings (SSSR count). The normalized spacial score (nSPS) is 16.8. The minimum atomic E-state index is -0.612. The topological polar surface area (TPSA) is 23.5 Å². The third-order valence-electron chi connectivity index (χ3n) is 2.79. The Kier molecular flexibility index (Phi) is 2.57. The molecule has 1 aromatic rings. The average molecular weight is 205 g/mol. The molecule has 0 aliphatic carbocycles. The van der Waals surface area contributed by atoms with Crippen LogP contribution in [-0.2, 0) is 19.5 Å². The lowest BCUT2D eigenvalue weighted by molar-refractivity contribution is 0.0810. The van der Waals surface area contributed by atoms with Crippen molar-refractivity contribution in [3.8, 4) is 0 Å². The Bertz CT molecular complexity index is 365. The van der Waals surface area contributed by atoms with Crippen molar-refractivity contribution in [2.75, 3.05) is 7.05 Å². The molecule has 0 aromatic heterocycles. The van der Waals surface area contributed by atoms with Crippen LogP contribution in [0, 0.1) is 0 Å². The van der Waals surface area contributed by atoms with Crippen LogP contribution in [0.1, 0.15) is 30.5 Å². The van der Waals surface area contributed by atoms with Crippen LogP contribution in [0.2, 0.25) is 0 Å². The van der Waals surface area contributed by atoms with Crippen LogP contribution in [-0.4, -0.2) is 22.7 Å². The minimum absolute atomic E-state index is 0.612. The van der Waals surface area contributed by atoms with Crippen molar-refractivity contribution in [1.82, 2.24) is 4.90 Å². The SMILES string of the molecule is CN1Cc2ccc(CC(C)(C)O)cc2C1. The van der Waals surface area contributed by atoms with Gasteiger partial charge in [-0.1, -0.05) is 18.2 Å². The average Bonchev–Trinajstić information content (AvgIpc) is 2.40. The van der Waals surface area contributed by atoms with Crippen LogP contribution >= 0.6 is 0 Å². The van der Waals surface area contributed by atoms with E-state index in [1.54, 1.807) is 0 Å². The smallest absolute Gasteiger partial charge is 0.0631 e. The molecule has 0 radical (unpaired) electrons. The van der Waals surface area contributed by atoms with Gasteiger partial charge in [0.05, 0.1) is 5.60 Å². The first-order valence-electron chi connectivity index (χ1n) is 5.46. The molecule has 0 atom stereocenters. The zero-order valence-electron chi connectivity index (χ0n) is 9.75. The Morgan fingerprint density at radius 3 is 2.60 bits per heavy atom. The van der Waals surface area contributed by atoms with Crippen molar-refractivity contribution < 1.29 is 5.11 Å². The molecule has 1 heterocycles. The Balaban J connectivity index is 2.20. The summed E-state index contributed by atoms with van der Waals surface area (Å²) in [6.07, 6.45) is 0.726. The van der Waals surface area contributed by atoms with Crippen LogP contribution < -0.4 is 0 Å². The summed E-state index contributed by atoms with van der Waals surface area (Å²) in [5, 5.41) is 9.76. The van der Waals surface area contributed by atoms with Gasteiger partial charge in [0.2, 0.25) is 0 Å². The molecule has 15 heavy (non-hydrogen) atoms. The molecular weight excluding hydrogens is 186 g/mol. The Morgan fingerprint density at radius 2 is 1.93 bits per heavy atom. The summed E-state index contributed by atoms with van der Waals surface area (Å²) < 4.78 is 0. The lowest BCUT2D eigenvalue weighted by Gasteiger charge is -2.17. The van der Waals surface area contributed by atoms with E-state index in [4.69, 9.17) is 0 Å². The van der Waals surface area contributed by atoms with E-state index < -0.39 is 5.60 Å². The van der Waals surface area contributed by atoms with Crippen molar-refractivity contribution in [2.45, 2.75) is 39.0 Å². The zero-order valence-corrected chi connectivity index (χ0v) is 9.75. The van der Waals surface area contributed by atoms with E-state index in [1.807, 2.05) is 13.8 Å². The largest absolute Gasteiger partial charge is 0.390 e. The fourth-order valence-corrected chi connectivity index (χ4v) is 2.23. The first kappa shape index (κ1) is 10.7. The van der Waals surface area contributed by atoms with E-state index in [-0.39, 0.29) is 0 Å². The van der Waals surface area contributed by atoms with E-state index in [9.17, 15) is 5.11 Å². The van der Waals surface area contributed by atoms with E-state index in [0.29, 0.717) is 0 Å². The molecule has 1 aliphatic heterocycles. The molecule has 0 amide bonds. The standard InChI is InChI=1S/C13H19NO/c1-13(2,15)7-10-4-5-11-8-14(3)9-12(11)6-10/h4-6,15H,7-9H2,1-3H3. The number of aliphatic hydroxyl groups is 1. The summed E-state index contributed by atoms with van der Waals surface area (Å²) in [6.45, 7) is 5.80. The van der Waals surface area contributed by atoms with Gasteiger partial charge >= 0.3 is 0 Å². The van der Waals surface area contributed by atoms with Crippen molar-refractivity contribution >= 4 is 0 Å². The minimum Gasteiger partial charge on any atom is -0.390 e. The van der Waals surface area contributed by atoms with Gasteiger partial charge in [0.15, 0.2) is 0 Å². The molecule has 0 spiro atoms. The monoisotopic (exact) mass is 205 g/mol. The molecule has 0 saturated carbocycles. The molecule has 2 heteroatoms. The lowest BCUT2D eigenvalue weighted by atomic mass is 9.96. The maximum absolute atomic E-state index is 9.76. The summed E-state index contributed by atoms with van der Waals surface area (Å²) in [4.78, 5) is 2.30. The van der Waals surface area contributed by atoms with E-state index in [0.717, 1.165) is 19.5 Å². The highest BCUT2D eigenvalue weighted by molar-refractivity contribution is 5.35. The van der Waals surface area contributed by atoms with Crippen LogP contribution in [0.15, 0.2) is 18.2 Å². The van der Waals surface area contributed by atoms with Crippen molar-refractivity contribution in [3.63, 3.8) is 0 Å². The second-order valence-corrected chi connectivity index (χ2v) is 5.26. The highest BCUT2D eigenvalue weighted by Gasteiger charge is 2.18. The molecule has 0 saturated heterocycles.